The van der Waals surface area contributed by atoms with Crippen LogP contribution in [0.3, 0.4) is 0 Å². The van der Waals surface area contributed by atoms with E-state index < -0.39 is 6.10 Å². The lowest BCUT2D eigenvalue weighted by molar-refractivity contribution is 0.0925. The van der Waals surface area contributed by atoms with E-state index in [0.29, 0.717) is 23.7 Å². The van der Waals surface area contributed by atoms with Crippen molar-refractivity contribution in [3.8, 4) is 5.75 Å². The van der Waals surface area contributed by atoms with Crippen LogP contribution in [0.1, 0.15) is 17.0 Å². The summed E-state index contributed by atoms with van der Waals surface area (Å²) in [5.41, 5.74) is 3.67. The Hall–Kier alpha value is -2.89. The van der Waals surface area contributed by atoms with Crippen LogP contribution in [0.2, 0.25) is 5.02 Å². The number of benzene rings is 3. The zero-order chi connectivity index (χ0) is 21.1. The van der Waals surface area contributed by atoms with Gasteiger partial charge < -0.3 is 14.4 Å². The third-order valence-corrected chi connectivity index (χ3v) is 5.21. The number of hydrogen-bond acceptors (Lipinski definition) is 3. The van der Waals surface area contributed by atoms with Gasteiger partial charge in [0.15, 0.2) is 0 Å². The second-order valence-electron chi connectivity index (χ2n) is 7.31. The van der Waals surface area contributed by atoms with E-state index >= 15 is 0 Å². The van der Waals surface area contributed by atoms with Crippen molar-refractivity contribution in [2.24, 2.45) is 0 Å². The standard InChI is InChI=1S/C24H22ClFN2O2/c1-16-12-18(25)8-11-23(16)30-15-20(29)14-28-22-5-3-2-4-21(22)27-24(28)13-17-6-9-19(26)10-7-17/h2-12,20,29H,13-15H2,1H3. The summed E-state index contributed by atoms with van der Waals surface area (Å²) in [5.74, 6) is 1.24. The van der Waals surface area contributed by atoms with Gasteiger partial charge in [0.1, 0.15) is 30.1 Å². The molecule has 0 radical (unpaired) electrons. The number of fused-ring (bicyclic) bond motifs is 1. The average Bonchev–Trinajstić information content (AvgIpc) is 3.06. The molecule has 30 heavy (non-hydrogen) atoms. The first kappa shape index (κ1) is 20.4. The van der Waals surface area contributed by atoms with Crippen LogP contribution in [0.5, 0.6) is 5.75 Å². The van der Waals surface area contributed by atoms with Gasteiger partial charge in [0.2, 0.25) is 0 Å². The highest BCUT2D eigenvalue weighted by Gasteiger charge is 2.15. The van der Waals surface area contributed by atoms with Crippen molar-refractivity contribution in [3.05, 3.63) is 94.5 Å². The molecular weight excluding hydrogens is 403 g/mol. The number of aliphatic hydroxyl groups is 1. The molecule has 0 fully saturated rings. The van der Waals surface area contributed by atoms with Crippen molar-refractivity contribution in [1.29, 1.82) is 0 Å². The first-order chi connectivity index (χ1) is 14.5. The number of halogens is 2. The van der Waals surface area contributed by atoms with Gasteiger partial charge >= 0.3 is 0 Å². The van der Waals surface area contributed by atoms with Gasteiger partial charge in [-0.25, -0.2) is 9.37 Å². The molecule has 154 valence electrons. The van der Waals surface area contributed by atoms with Gasteiger partial charge in [-0.15, -0.1) is 0 Å². The lowest BCUT2D eigenvalue weighted by Crippen LogP contribution is -2.25. The summed E-state index contributed by atoms with van der Waals surface area (Å²) in [6.45, 7) is 2.40. The minimum atomic E-state index is -0.732. The number of hydrogen-bond donors (Lipinski definition) is 1. The van der Waals surface area contributed by atoms with Crippen LogP contribution >= 0.6 is 11.6 Å². The number of nitrogens with zero attached hydrogens (tertiary/aromatic N) is 2. The van der Waals surface area contributed by atoms with Gasteiger partial charge in [-0.05, 0) is 60.5 Å². The molecule has 0 spiro atoms. The first-order valence-corrected chi connectivity index (χ1v) is 10.1. The Labute approximate surface area is 179 Å². The van der Waals surface area contributed by atoms with Crippen LogP contribution < -0.4 is 4.74 Å². The van der Waals surface area contributed by atoms with Crippen LogP contribution in [0, 0.1) is 12.7 Å². The molecule has 0 bridgehead atoms. The Morgan fingerprint density at radius 2 is 1.87 bits per heavy atom. The molecule has 0 saturated heterocycles. The molecule has 1 aromatic heterocycles. The number of aromatic nitrogens is 2. The zero-order valence-electron chi connectivity index (χ0n) is 16.6. The fraction of sp³-hybridized carbons (Fsp3) is 0.208. The van der Waals surface area contributed by atoms with Crippen LogP contribution in [0.4, 0.5) is 4.39 Å². The third-order valence-electron chi connectivity index (χ3n) is 4.97. The van der Waals surface area contributed by atoms with E-state index in [-0.39, 0.29) is 12.4 Å². The molecule has 0 aliphatic heterocycles. The molecule has 4 aromatic rings. The first-order valence-electron chi connectivity index (χ1n) is 9.75. The lowest BCUT2D eigenvalue weighted by Gasteiger charge is -2.17. The molecule has 6 heteroatoms. The summed E-state index contributed by atoms with van der Waals surface area (Å²) < 4.78 is 21.0. The Morgan fingerprint density at radius 1 is 1.10 bits per heavy atom. The monoisotopic (exact) mass is 424 g/mol. The van der Waals surface area contributed by atoms with Gasteiger partial charge in [0.25, 0.3) is 0 Å². The average molecular weight is 425 g/mol. The quantitative estimate of drug-likeness (QED) is 0.445. The van der Waals surface area contributed by atoms with Gasteiger partial charge in [0.05, 0.1) is 17.6 Å². The maximum Gasteiger partial charge on any atom is 0.123 e. The van der Waals surface area contributed by atoms with Crippen LogP contribution in [0.25, 0.3) is 11.0 Å². The third kappa shape index (κ3) is 4.64. The maximum absolute atomic E-state index is 13.2. The summed E-state index contributed by atoms with van der Waals surface area (Å²) >= 11 is 5.99. The number of aliphatic hydroxyl groups excluding tert-OH is 1. The Bertz CT molecular complexity index is 1160. The lowest BCUT2D eigenvalue weighted by atomic mass is 10.1. The molecule has 1 unspecified atom stereocenters. The molecule has 0 aliphatic carbocycles. The van der Waals surface area contributed by atoms with Gasteiger partial charge in [-0.2, -0.15) is 0 Å². The normalized spacial score (nSPS) is 12.3. The summed E-state index contributed by atoms with van der Waals surface area (Å²) in [6.07, 6.45) is -0.191. The van der Waals surface area contributed by atoms with Crippen molar-refractivity contribution < 1.29 is 14.2 Å². The summed E-state index contributed by atoms with van der Waals surface area (Å²) in [6, 6.07) is 19.6. The second-order valence-corrected chi connectivity index (χ2v) is 7.74. The summed E-state index contributed by atoms with van der Waals surface area (Å²) in [5, 5.41) is 11.3. The van der Waals surface area contributed by atoms with E-state index in [4.69, 9.17) is 21.3 Å². The van der Waals surface area contributed by atoms with Gasteiger partial charge in [0, 0.05) is 11.4 Å². The number of ether oxygens (including phenoxy) is 1. The summed E-state index contributed by atoms with van der Waals surface area (Å²) in [4.78, 5) is 4.73. The van der Waals surface area contributed by atoms with Crippen LogP contribution in [-0.2, 0) is 13.0 Å². The molecule has 4 nitrogen and oxygen atoms in total. The zero-order valence-corrected chi connectivity index (χ0v) is 17.3. The van der Waals surface area contributed by atoms with Gasteiger partial charge in [-0.3, -0.25) is 0 Å². The molecule has 1 atom stereocenters. The topological polar surface area (TPSA) is 47.3 Å². The largest absolute Gasteiger partial charge is 0.491 e. The minimum absolute atomic E-state index is 0.144. The van der Waals surface area contributed by atoms with E-state index in [1.807, 2.05) is 41.8 Å². The van der Waals surface area contributed by atoms with Crippen molar-refractivity contribution in [3.63, 3.8) is 0 Å². The van der Waals surface area contributed by atoms with E-state index in [1.165, 1.54) is 12.1 Å². The fourth-order valence-electron chi connectivity index (χ4n) is 3.47. The number of imidazole rings is 1. The number of aryl methyl sites for hydroxylation is 1. The fourth-order valence-corrected chi connectivity index (χ4v) is 3.70. The molecule has 0 saturated carbocycles. The van der Waals surface area contributed by atoms with E-state index in [1.54, 1.807) is 24.3 Å². The summed E-state index contributed by atoms with van der Waals surface area (Å²) in [7, 11) is 0. The Morgan fingerprint density at radius 3 is 2.63 bits per heavy atom. The molecule has 1 heterocycles. The molecule has 1 N–H and O–H groups in total. The Kier molecular flexibility index (Phi) is 6.02. The molecule has 0 aliphatic rings. The van der Waals surface area contributed by atoms with Crippen molar-refractivity contribution in [2.75, 3.05) is 6.61 Å². The number of para-hydroxylation sites is 2. The van der Waals surface area contributed by atoms with Gasteiger partial charge in [-0.1, -0.05) is 35.9 Å². The second kappa shape index (κ2) is 8.86. The van der Waals surface area contributed by atoms with E-state index in [0.717, 1.165) is 28.0 Å². The molecular formula is C24H22ClFN2O2. The predicted octanol–water partition coefficient (Wildman–Crippen LogP) is 5.17. The highest BCUT2D eigenvalue weighted by atomic mass is 35.5. The van der Waals surface area contributed by atoms with E-state index in [2.05, 4.69) is 0 Å². The van der Waals surface area contributed by atoms with Crippen molar-refractivity contribution in [2.45, 2.75) is 26.0 Å². The number of rotatable bonds is 7. The molecule has 3 aromatic carbocycles. The van der Waals surface area contributed by atoms with Crippen molar-refractivity contribution >= 4 is 22.6 Å². The van der Waals surface area contributed by atoms with Crippen LogP contribution in [0.15, 0.2) is 66.7 Å². The minimum Gasteiger partial charge on any atom is -0.491 e. The Balaban J connectivity index is 1.53. The van der Waals surface area contributed by atoms with E-state index in [9.17, 15) is 9.50 Å². The molecule has 4 rings (SSSR count). The maximum atomic E-state index is 13.2. The highest BCUT2D eigenvalue weighted by Crippen LogP contribution is 2.23. The molecule has 0 amide bonds. The SMILES string of the molecule is Cc1cc(Cl)ccc1OCC(O)Cn1c(Cc2ccc(F)cc2)nc2ccccc21. The predicted molar refractivity (Wildman–Crippen MR) is 117 cm³/mol. The smallest absolute Gasteiger partial charge is 0.123 e. The highest BCUT2D eigenvalue weighted by molar-refractivity contribution is 6.30. The van der Waals surface area contributed by atoms with Crippen molar-refractivity contribution in [1.82, 2.24) is 9.55 Å². The van der Waals surface area contributed by atoms with Crippen LogP contribution in [-0.4, -0.2) is 27.4 Å².